The molecular formula is C13H23N3O2. The van der Waals surface area contributed by atoms with Gasteiger partial charge in [0.15, 0.2) is 0 Å². The van der Waals surface area contributed by atoms with Gasteiger partial charge in [-0.3, -0.25) is 4.79 Å². The minimum Gasteiger partial charge on any atom is -0.465 e. The summed E-state index contributed by atoms with van der Waals surface area (Å²) in [5.74, 6) is -0.169. The first kappa shape index (κ1) is 14.7. The molecule has 0 aromatic carbocycles. The van der Waals surface area contributed by atoms with Gasteiger partial charge in [0.05, 0.1) is 12.9 Å². The molecule has 102 valence electrons. The number of nitrogens with zero attached hydrogens (tertiary/aromatic N) is 2. The maximum absolute atomic E-state index is 11.9. The minimum absolute atomic E-state index is 0.169. The van der Waals surface area contributed by atoms with Crippen LogP contribution < -0.4 is 5.32 Å². The van der Waals surface area contributed by atoms with Gasteiger partial charge in [0.25, 0.3) is 0 Å². The number of carbonyl (C=O) groups is 1. The quantitative estimate of drug-likeness (QED) is 0.715. The van der Waals surface area contributed by atoms with Crippen molar-refractivity contribution in [2.45, 2.75) is 45.7 Å². The first-order chi connectivity index (χ1) is 8.62. The second kappa shape index (κ2) is 7.16. The van der Waals surface area contributed by atoms with Gasteiger partial charge in [-0.15, -0.1) is 0 Å². The third kappa shape index (κ3) is 4.14. The molecule has 0 saturated carbocycles. The Hall–Kier alpha value is -1.36. The van der Waals surface area contributed by atoms with Crippen molar-refractivity contribution >= 4 is 5.97 Å². The molecule has 5 nitrogen and oxygen atoms in total. The van der Waals surface area contributed by atoms with E-state index in [0.717, 1.165) is 25.9 Å². The summed E-state index contributed by atoms with van der Waals surface area (Å²) in [4.78, 5) is 15.9. The van der Waals surface area contributed by atoms with Crippen LogP contribution >= 0.6 is 0 Å². The molecule has 0 saturated heterocycles. The fourth-order valence-electron chi connectivity index (χ4n) is 1.98. The summed E-state index contributed by atoms with van der Waals surface area (Å²) in [5, 5.41) is 3.22. The molecule has 18 heavy (non-hydrogen) atoms. The van der Waals surface area contributed by atoms with Crippen molar-refractivity contribution in [1.29, 1.82) is 0 Å². The monoisotopic (exact) mass is 253 g/mol. The topological polar surface area (TPSA) is 56.2 Å². The first-order valence-electron chi connectivity index (χ1n) is 6.50. The number of imidazole rings is 1. The minimum atomic E-state index is -0.592. The molecule has 0 amide bonds. The van der Waals surface area contributed by atoms with Crippen LogP contribution in [0.2, 0.25) is 0 Å². The van der Waals surface area contributed by atoms with Gasteiger partial charge in [-0.05, 0) is 33.2 Å². The smallest absolute Gasteiger partial charge is 0.326 e. The highest BCUT2D eigenvalue weighted by Gasteiger charge is 2.32. The summed E-state index contributed by atoms with van der Waals surface area (Å²) in [6.45, 7) is 7.76. The highest BCUT2D eigenvalue weighted by Crippen LogP contribution is 2.15. The van der Waals surface area contributed by atoms with Crippen LogP contribution in [0, 0.1) is 0 Å². The number of hydrogen-bond donors (Lipinski definition) is 1. The van der Waals surface area contributed by atoms with Gasteiger partial charge in [0.2, 0.25) is 0 Å². The number of rotatable bonds is 8. The second-order valence-electron chi connectivity index (χ2n) is 4.49. The lowest BCUT2D eigenvalue weighted by Gasteiger charge is -2.28. The molecule has 1 unspecified atom stereocenters. The summed E-state index contributed by atoms with van der Waals surface area (Å²) in [7, 11) is 0. The molecule has 0 aliphatic heterocycles. The number of esters is 1. The number of nitrogens with one attached hydrogen (secondary N) is 1. The van der Waals surface area contributed by atoms with Crippen LogP contribution in [-0.4, -0.2) is 34.2 Å². The Morgan fingerprint density at radius 2 is 2.28 bits per heavy atom. The van der Waals surface area contributed by atoms with E-state index in [1.165, 1.54) is 0 Å². The van der Waals surface area contributed by atoms with Gasteiger partial charge >= 0.3 is 5.97 Å². The number of hydrogen-bond acceptors (Lipinski definition) is 4. The van der Waals surface area contributed by atoms with Gasteiger partial charge in [-0.25, -0.2) is 4.98 Å². The summed E-state index contributed by atoms with van der Waals surface area (Å²) < 4.78 is 7.14. The van der Waals surface area contributed by atoms with Crippen molar-refractivity contribution in [2.24, 2.45) is 0 Å². The molecule has 0 fully saturated rings. The zero-order valence-corrected chi connectivity index (χ0v) is 11.5. The average Bonchev–Trinajstić information content (AvgIpc) is 2.83. The Balaban J connectivity index is 2.48. The van der Waals surface area contributed by atoms with Crippen molar-refractivity contribution in [3.05, 3.63) is 18.7 Å². The summed E-state index contributed by atoms with van der Waals surface area (Å²) in [6.07, 6.45) is 7.12. The summed E-state index contributed by atoms with van der Waals surface area (Å²) in [5.41, 5.74) is -0.592. The Morgan fingerprint density at radius 1 is 1.50 bits per heavy atom. The largest absolute Gasteiger partial charge is 0.465 e. The van der Waals surface area contributed by atoms with Crippen molar-refractivity contribution in [1.82, 2.24) is 14.9 Å². The number of ether oxygens (including phenoxy) is 1. The molecule has 1 heterocycles. The van der Waals surface area contributed by atoms with Crippen LogP contribution in [0.4, 0.5) is 0 Å². The lowest BCUT2D eigenvalue weighted by molar-refractivity contribution is -0.150. The van der Waals surface area contributed by atoms with E-state index in [9.17, 15) is 4.79 Å². The number of carbonyl (C=O) groups excluding carboxylic acids is 1. The van der Waals surface area contributed by atoms with Crippen molar-refractivity contribution < 1.29 is 9.53 Å². The molecule has 1 rings (SSSR count). The van der Waals surface area contributed by atoms with E-state index in [1.807, 2.05) is 31.5 Å². The van der Waals surface area contributed by atoms with Gasteiger partial charge in [-0.1, -0.05) is 6.92 Å². The Bertz CT molecular complexity index is 351. The Morgan fingerprint density at radius 3 is 2.83 bits per heavy atom. The van der Waals surface area contributed by atoms with Crippen molar-refractivity contribution in [2.75, 3.05) is 13.2 Å². The maximum atomic E-state index is 11.9. The molecule has 0 aliphatic carbocycles. The van der Waals surface area contributed by atoms with Crippen LogP contribution in [0.25, 0.3) is 0 Å². The van der Waals surface area contributed by atoms with E-state index < -0.39 is 5.54 Å². The molecule has 1 aromatic rings. The third-order valence-electron chi connectivity index (χ3n) is 2.95. The van der Waals surface area contributed by atoms with Crippen LogP contribution in [-0.2, 0) is 16.1 Å². The van der Waals surface area contributed by atoms with E-state index in [4.69, 9.17) is 4.74 Å². The van der Waals surface area contributed by atoms with Crippen LogP contribution in [0.15, 0.2) is 18.7 Å². The van der Waals surface area contributed by atoms with Crippen LogP contribution in [0.1, 0.15) is 33.6 Å². The predicted octanol–water partition coefficient (Wildman–Crippen LogP) is 1.59. The molecule has 1 atom stereocenters. The molecule has 1 N–H and O–H groups in total. The standard InChI is InChI=1S/C13H23N3O2/c1-4-15-13(3,12(17)18-5-2)7-6-9-16-10-8-14-11-16/h8,10-11,15H,4-7,9H2,1-3H3. The number of aryl methyl sites for hydroxylation is 1. The highest BCUT2D eigenvalue weighted by atomic mass is 16.5. The lowest BCUT2D eigenvalue weighted by Crippen LogP contribution is -2.50. The zero-order chi connectivity index (χ0) is 13.4. The van der Waals surface area contributed by atoms with E-state index in [2.05, 4.69) is 10.3 Å². The van der Waals surface area contributed by atoms with E-state index in [1.54, 1.807) is 12.5 Å². The van der Waals surface area contributed by atoms with E-state index in [-0.39, 0.29) is 5.97 Å². The molecule has 0 aliphatic rings. The fraction of sp³-hybridized carbons (Fsp3) is 0.692. The van der Waals surface area contributed by atoms with E-state index >= 15 is 0 Å². The predicted molar refractivity (Wildman–Crippen MR) is 70.2 cm³/mol. The molecule has 5 heteroatoms. The normalized spacial score (nSPS) is 14.2. The van der Waals surface area contributed by atoms with Crippen LogP contribution in [0.3, 0.4) is 0 Å². The molecule has 0 radical (unpaired) electrons. The molecule has 0 spiro atoms. The molecular weight excluding hydrogens is 230 g/mol. The lowest BCUT2D eigenvalue weighted by atomic mass is 9.95. The summed E-state index contributed by atoms with van der Waals surface area (Å²) >= 11 is 0. The van der Waals surface area contributed by atoms with Gasteiger partial charge in [-0.2, -0.15) is 0 Å². The highest BCUT2D eigenvalue weighted by molar-refractivity contribution is 5.80. The third-order valence-corrected chi connectivity index (χ3v) is 2.95. The van der Waals surface area contributed by atoms with Crippen molar-refractivity contribution in [3.8, 4) is 0 Å². The number of likely N-dealkylation sites (N-methyl/N-ethyl adjacent to an activating group) is 1. The fourth-order valence-corrected chi connectivity index (χ4v) is 1.98. The Labute approximate surface area is 109 Å². The Kier molecular flexibility index (Phi) is 5.85. The number of aromatic nitrogens is 2. The van der Waals surface area contributed by atoms with Gasteiger partial charge < -0.3 is 14.6 Å². The SMILES string of the molecule is CCNC(C)(CCCn1ccnc1)C(=O)OCC. The molecule has 0 bridgehead atoms. The van der Waals surface area contributed by atoms with Crippen LogP contribution in [0.5, 0.6) is 0 Å². The van der Waals surface area contributed by atoms with Gasteiger partial charge in [0, 0.05) is 18.9 Å². The van der Waals surface area contributed by atoms with Gasteiger partial charge in [0.1, 0.15) is 5.54 Å². The molecule has 1 aromatic heterocycles. The van der Waals surface area contributed by atoms with E-state index in [0.29, 0.717) is 6.61 Å². The zero-order valence-electron chi connectivity index (χ0n) is 11.5. The first-order valence-corrected chi connectivity index (χ1v) is 6.50. The average molecular weight is 253 g/mol. The maximum Gasteiger partial charge on any atom is 0.326 e. The summed E-state index contributed by atoms with van der Waals surface area (Å²) in [6, 6.07) is 0. The van der Waals surface area contributed by atoms with Crippen molar-refractivity contribution in [3.63, 3.8) is 0 Å². The second-order valence-corrected chi connectivity index (χ2v) is 4.49.